The Hall–Kier alpha value is -1.15. The lowest BCUT2D eigenvalue weighted by Gasteiger charge is -2.04. The molecule has 0 radical (unpaired) electrons. The highest BCUT2D eigenvalue weighted by molar-refractivity contribution is 5.97. The molecule has 0 unspecified atom stereocenters. The van der Waals surface area contributed by atoms with E-state index in [1.54, 1.807) is 6.07 Å². The fraction of sp³-hybridized carbons (Fsp3) is 0.588. The van der Waals surface area contributed by atoms with Crippen LogP contribution in [0, 0.1) is 0 Å². The third-order valence-corrected chi connectivity index (χ3v) is 3.46. The summed E-state index contributed by atoms with van der Waals surface area (Å²) in [5, 5.41) is 8.85. The summed E-state index contributed by atoms with van der Waals surface area (Å²) in [7, 11) is 0. The molecule has 1 rings (SSSR count). The molecule has 0 aliphatic heterocycles. The largest absolute Gasteiger partial charge is 0.388 e. The van der Waals surface area contributed by atoms with Crippen LogP contribution in [0.15, 0.2) is 24.3 Å². The number of carbonyl (C=O) groups is 1. The minimum atomic E-state index is -0.402. The molecule has 0 spiro atoms. The average Bonchev–Trinajstić information content (AvgIpc) is 2.46. The van der Waals surface area contributed by atoms with Crippen molar-refractivity contribution in [1.29, 1.82) is 0 Å². The summed E-state index contributed by atoms with van der Waals surface area (Å²) < 4.78 is 0. The number of aryl methyl sites for hydroxylation is 1. The lowest BCUT2D eigenvalue weighted by atomic mass is 10.0. The number of hydrogen-bond donors (Lipinski definition) is 1. The summed E-state index contributed by atoms with van der Waals surface area (Å²) in [6, 6.07) is 7.65. The first kappa shape index (κ1) is 15.9. The maximum Gasteiger partial charge on any atom is 0.188 e. The van der Waals surface area contributed by atoms with Gasteiger partial charge in [0, 0.05) is 5.56 Å². The number of aliphatic hydroxyl groups excluding tert-OH is 1. The van der Waals surface area contributed by atoms with Crippen LogP contribution < -0.4 is 0 Å². The topological polar surface area (TPSA) is 37.3 Å². The van der Waals surface area contributed by atoms with Crippen molar-refractivity contribution in [1.82, 2.24) is 0 Å². The summed E-state index contributed by atoms with van der Waals surface area (Å²) in [5.74, 6) is -0.193. The van der Waals surface area contributed by atoms with Crippen LogP contribution in [-0.2, 0) is 6.42 Å². The standard InChI is InChI=1S/C17H26O2/c1-2-3-4-5-6-7-8-10-15-11-9-12-16(13-15)17(19)14-18/h9,11-13,18H,2-8,10,14H2,1H3. The third-order valence-electron chi connectivity index (χ3n) is 3.46. The molecule has 0 aromatic heterocycles. The number of rotatable bonds is 10. The Morgan fingerprint density at radius 1 is 1.05 bits per heavy atom. The van der Waals surface area contributed by atoms with Crippen molar-refractivity contribution >= 4 is 5.78 Å². The van der Waals surface area contributed by atoms with Crippen LogP contribution in [0.4, 0.5) is 0 Å². The molecule has 0 aliphatic rings. The van der Waals surface area contributed by atoms with E-state index >= 15 is 0 Å². The Balaban J connectivity index is 2.24. The van der Waals surface area contributed by atoms with Gasteiger partial charge in [0.05, 0.1) is 0 Å². The van der Waals surface area contributed by atoms with Crippen molar-refractivity contribution < 1.29 is 9.90 Å². The molecule has 1 aromatic carbocycles. The first-order chi connectivity index (χ1) is 9.27. The van der Waals surface area contributed by atoms with Gasteiger partial charge in [0.25, 0.3) is 0 Å². The van der Waals surface area contributed by atoms with Gasteiger partial charge in [0.15, 0.2) is 5.78 Å². The van der Waals surface area contributed by atoms with Crippen molar-refractivity contribution in [2.24, 2.45) is 0 Å². The Bertz CT molecular complexity index is 371. The van der Waals surface area contributed by atoms with Crippen molar-refractivity contribution in [3.8, 4) is 0 Å². The predicted octanol–water partition coefficient (Wildman–Crippen LogP) is 4.15. The minimum absolute atomic E-state index is 0.193. The molecule has 2 nitrogen and oxygen atoms in total. The molecule has 0 aliphatic carbocycles. The Morgan fingerprint density at radius 3 is 2.42 bits per heavy atom. The molecule has 0 amide bonds. The van der Waals surface area contributed by atoms with Gasteiger partial charge in [-0.3, -0.25) is 4.79 Å². The Kier molecular flexibility index (Phi) is 8.15. The molecule has 0 fully saturated rings. The molecule has 106 valence electrons. The number of ketones is 1. The molecule has 0 bridgehead atoms. The van der Waals surface area contributed by atoms with Gasteiger partial charge in [-0.2, -0.15) is 0 Å². The number of aliphatic hydroxyl groups is 1. The van der Waals surface area contributed by atoms with E-state index in [1.165, 1.54) is 50.5 Å². The Morgan fingerprint density at radius 2 is 1.74 bits per heavy atom. The highest BCUT2D eigenvalue weighted by atomic mass is 16.3. The lowest BCUT2D eigenvalue weighted by molar-refractivity contribution is 0.0903. The maximum atomic E-state index is 11.4. The first-order valence-corrected chi connectivity index (χ1v) is 7.51. The second-order valence-corrected chi connectivity index (χ2v) is 5.15. The fourth-order valence-corrected chi connectivity index (χ4v) is 2.28. The fourth-order valence-electron chi connectivity index (χ4n) is 2.28. The minimum Gasteiger partial charge on any atom is -0.388 e. The number of Topliss-reactive ketones (excluding diaryl/α,β-unsaturated/α-hetero) is 1. The number of unbranched alkanes of at least 4 members (excludes halogenated alkanes) is 6. The number of carbonyl (C=O) groups excluding carboxylic acids is 1. The smallest absolute Gasteiger partial charge is 0.188 e. The molecular weight excluding hydrogens is 236 g/mol. The molecule has 1 aromatic rings. The van der Waals surface area contributed by atoms with Gasteiger partial charge in [-0.15, -0.1) is 0 Å². The van der Waals surface area contributed by atoms with E-state index in [1.807, 2.05) is 12.1 Å². The highest BCUT2D eigenvalue weighted by Crippen LogP contribution is 2.12. The zero-order valence-corrected chi connectivity index (χ0v) is 12.0. The van der Waals surface area contributed by atoms with Crippen molar-refractivity contribution in [2.45, 2.75) is 58.3 Å². The van der Waals surface area contributed by atoms with Gasteiger partial charge in [-0.1, -0.05) is 63.6 Å². The number of hydrogen-bond acceptors (Lipinski definition) is 2. The van der Waals surface area contributed by atoms with E-state index in [2.05, 4.69) is 13.0 Å². The van der Waals surface area contributed by atoms with E-state index in [-0.39, 0.29) is 5.78 Å². The molecule has 0 heterocycles. The van der Waals surface area contributed by atoms with E-state index in [0.29, 0.717) is 5.56 Å². The van der Waals surface area contributed by atoms with Gasteiger partial charge >= 0.3 is 0 Å². The summed E-state index contributed by atoms with van der Waals surface area (Å²) in [5.41, 5.74) is 1.83. The lowest BCUT2D eigenvalue weighted by Crippen LogP contribution is -2.04. The molecule has 0 atom stereocenters. The van der Waals surface area contributed by atoms with Gasteiger partial charge in [-0.05, 0) is 24.5 Å². The first-order valence-electron chi connectivity index (χ1n) is 7.51. The third kappa shape index (κ3) is 6.53. The van der Waals surface area contributed by atoms with Crippen molar-refractivity contribution in [2.75, 3.05) is 6.61 Å². The molecule has 2 heteroatoms. The van der Waals surface area contributed by atoms with Crippen LogP contribution in [0.5, 0.6) is 0 Å². The van der Waals surface area contributed by atoms with E-state index in [9.17, 15) is 4.79 Å². The summed E-state index contributed by atoms with van der Waals surface area (Å²) in [6.07, 6.45) is 10.1. The quantitative estimate of drug-likeness (QED) is 0.508. The van der Waals surface area contributed by atoms with E-state index in [0.717, 1.165) is 6.42 Å². The van der Waals surface area contributed by atoms with Crippen LogP contribution in [0.3, 0.4) is 0 Å². The van der Waals surface area contributed by atoms with Crippen LogP contribution in [0.2, 0.25) is 0 Å². The SMILES string of the molecule is CCCCCCCCCc1cccc(C(=O)CO)c1. The normalized spacial score (nSPS) is 10.6. The zero-order chi connectivity index (χ0) is 13.9. The van der Waals surface area contributed by atoms with Crippen molar-refractivity contribution in [3.05, 3.63) is 35.4 Å². The summed E-state index contributed by atoms with van der Waals surface area (Å²) in [6.45, 7) is 1.83. The summed E-state index contributed by atoms with van der Waals surface area (Å²) >= 11 is 0. The highest BCUT2D eigenvalue weighted by Gasteiger charge is 2.04. The van der Waals surface area contributed by atoms with Crippen LogP contribution in [-0.4, -0.2) is 17.5 Å². The van der Waals surface area contributed by atoms with Gasteiger partial charge < -0.3 is 5.11 Å². The van der Waals surface area contributed by atoms with Crippen molar-refractivity contribution in [3.63, 3.8) is 0 Å². The monoisotopic (exact) mass is 262 g/mol. The molecule has 0 saturated carbocycles. The number of benzene rings is 1. The molecule has 19 heavy (non-hydrogen) atoms. The van der Waals surface area contributed by atoms with E-state index in [4.69, 9.17) is 5.11 Å². The van der Waals surface area contributed by atoms with Gasteiger partial charge in [0.1, 0.15) is 6.61 Å². The molecular formula is C17H26O2. The second kappa shape index (κ2) is 9.74. The second-order valence-electron chi connectivity index (χ2n) is 5.15. The van der Waals surface area contributed by atoms with Crippen LogP contribution >= 0.6 is 0 Å². The Labute approximate surface area is 116 Å². The molecule has 0 saturated heterocycles. The maximum absolute atomic E-state index is 11.4. The predicted molar refractivity (Wildman–Crippen MR) is 79.6 cm³/mol. The molecule has 1 N–H and O–H groups in total. The van der Waals surface area contributed by atoms with Crippen LogP contribution in [0.25, 0.3) is 0 Å². The summed E-state index contributed by atoms with van der Waals surface area (Å²) in [4.78, 5) is 11.4. The van der Waals surface area contributed by atoms with E-state index < -0.39 is 6.61 Å². The van der Waals surface area contributed by atoms with Gasteiger partial charge in [0.2, 0.25) is 0 Å². The van der Waals surface area contributed by atoms with Gasteiger partial charge in [-0.25, -0.2) is 0 Å². The van der Waals surface area contributed by atoms with Crippen LogP contribution in [0.1, 0.15) is 67.8 Å². The zero-order valence-electron chi connectivity index (χ0n) is 12.0. The average molecular weight is 262 g/mol.